The van der Waals surface area contributed by atoms with Gasteiger partial charge < -0.3 is 40.5 Å². The molecule has 5 atom stereocenters. The van der Waals surface area contributed by atoms with E-state index < -0.39 is 66.0 Å². The molecule has 0 radical (unpaired) electrons. The summed E-state index contributed by atoms with van der Waals surface area (Å²) in [6, 6.07) is 46.3. The number of hydrogen-bond acceptors (Lipinski definition) is 8. The van der Waals surface area contributed by atoms with Crippen LogP contribution in [0.2, 0.25) is 0 Å². The smallest absolute Gasteiger partial charge is 0.407 e. The predicted octanol–water partition coefficient (Wildman–Crippen LogP) is 8.18. The molecule has 1 aromatic heterocycles. The van der Waals surface area contributed by atoms with Gasteiger partial charge in [-0.3, -0.25) is 14.4 Å². The molecule has 6 aromatic carbocycles. The van der Waals surface area contributed by atoms with Crippen LogP contribution in [0.5, 0.6) is 5.75 Å². The molecule has 7 aromatic rings. The van der Waals surface area contributed by atoms with Crippen molar-refractivity contribution in [3.05, 3.63) is 198 Å². The zero-order valence-corrected chi connectivity index (χ0v) is 39.3. The second-order valence-corrected chi connectivity index (χ2v) is 17.8. The van der Waals surface area contributed by atoms with Crippen LogP contribution in [0.25, 0.3) is 22.0 Å². The molecule has 4 amide bonds. The van der Waals surface area contributed by atoms with Crippen LogP contribution in [0.3, 0.4) is 0 Å². The highest BCUT2D eigenvalue weighted by atomic mass is 16.5. The maximum atomic E-state index is 14.6. The second kappa shape index (κ2) is 22.8. The molecular weight excluding hydrogens is 883 g/mol. The number of rotatable bonds is 20. The Balaban J connectivity index is 0.998. The van der Waals surface area contributed by atoms with Gasteiger partial charge in [0.2, 0.25) is 17.7 Å². The molecular formula is C57H57N5O8. The minimum Gasteiger partial charge on any atom is -0.449 e. The summed E-state index contributed by atoms with van der Waals surface area (Å²) in [7, 11) is 0. The lowest BCUT2D eigenvalue weighted by atomic mass is 9.98. The summed E-state index contributed by atoms with van der Waals surface area (Å²) in [5, 5.41) is 12.0. The lowest BCUT2D eigenvalue weighted by Gasteiger charge is -2.30. The number of amides is 4. The average Bonchev–Trinajstić information content (AvgIpc) is 3.94. The number of nitrogens with one attached hydrogen (secondary N) is 5. The predicted molar refractivity (Wildman–Crippen MR) is 268 cm³/mol. The summed E-state index contributed by atoms with van der Waals surface area (Å²) < 4.78 is 18.0. The molecule has 1 heterocycles. The minimum absolute atomic E-state index is 0.0392. The van der Waals surface area contributed by atoms with Crippen LogP contribution in [0.4, 0.5) is 4.79 Å². The van der Waals surface area contributed by atoms with Crippen molar-refractivity contribution in [1.82, 2.24) is 26.3 Å². The number of esters is 1. The Labute approximate surface area is 407 Å². The van der Waals surface area contributed by atoms with Crippen molar-refractivity contribution in [1.29, 1.82) is 0 Å². The number of benzene rings is 6. The van der Waals surface area contributed by atoms with Crippen molar-refractivity contribution >= 4 is 40.7 Å². The van der Waals surface area contributed by atoms with E-state index in [0.717, 1.165) is 44.5 Å². The van der Waals surface area contributed by atoms with Gasteiger partial charge in [0, 0.05) is 35.9 Å². The molecule has 5 N–H and O–H groups in total. The molecule has 0 saturated heterocycles. The number of aromatic amines is 1. The van der Waals surface area contributed by atoms with E-state index in [4.69, 9.17) is 14.2 Å². The molecule has 13 heteroatoms. The number of hydrogen-bond donors (Lipinski definition) is 5. The number of carbonyl (C=O) groups is 5. The Kier molecular flexibility index (Phi) is 15.8. The first-order chi connectivity index (χ1) is 34.0. The van der Waals surface area contributed by atoms with Crippen molar-refractivity contribution in [2.24, 2.45) is 5.92 Å². The number of alkyl carbamates (subject to hydrolysis) is 1. The molecule has 0 saturated carbocycles. The highest BCUT2D eigenvalue weighted by Crippen LogP contribution is 2.44. The number of para-hydroxylation sites is 1. The first kappa shape index (κ1) is 48.4. The van der Waals surface area contributed by atoms with Crippen LogP contribution in [-0.4, -0.2) is 71.6 Å². The fraction of sp³-hybridized carbons (Fsp3) is 0.246. The summed E-state index contributed by atoms with van der Waals surface area (Å²) in [4.78, 5) is 74.4. The third-order valence-corrected chi connectivity index (χ3v) is 12.5. The highest BCUT2D eigenvalue weighted by molar-refractivity contribution is 5.96. The molecule has 70 heavy (non-hydrogen) atoms. The number of fused-ring (bicyclic) bond motifs is 4. The Morgan fingerprint density at radius 2 is 1.06 bits per heavy atom. The quantitative estimate of drug-likeness (QED) is 0.0476. The molecule has 8 rings (SSSR count). The van der Waals surface area contributed by atoms with E-state index in [2.05, 4.69) is 38.4 Å². The van der Waals surface area contributed by atoms with E-state index in [1.807, 2.05) is 152 Å². The molecule has 0 bridgehead atoms. The van der Waals surface area contributed by atoms with Gasteiger partial charge in [0.05, 0.1) is 12.7 Å². The highest BCUT2D eigenvalue weighted by Gasteiger charge is 2.37. The summed E-state index contributed by atoms with van der Waals surface area (Å²) in [5.74, 6) is -3.13. The van der Waals surface area contributed by atoms with Gasteiger partial charge in [0.15, 0.2) is 5.75 Å². The topological polar surface area (TPSA) is 177 Å². The summed E-state index contributed by atoms with van der Waals surface area (Å²) in [6.45, 7) is 5.33. The van der Waals surface area contributed by atoms with Crippen molar-refractivity contribution in [3.63, 3.8) is 0 Å². The van der Waals surface area contributed by atoms with Crippen LogP contribution in [-0.2, 0) is 48.1 Å². The third-order valence-electron chi connectivity index (χ3n) is 12.5. The van der Waals surface area contributed by atoms with E-state index in [0.29, 0.717) is 11.1 Å². The number of H-pyrrole nitrogens is 1. The average molecular weight is 940 g/mol. The molecule has 1 aliphatic rings. The van der Waals surface area contributed by atoms with Crippen LogP contribution in [0.15, 0.2) is 170 Å². The fourth-order valence-corrected chi connectivity index (χ4v) is 8.78. The van der Waals surface area contributed by atoms with Gasteiger partial charge in [-0.15, -0.1) is 0 Å². The standard InChI is InChI=1S/C57H57N5O8/c1-36(2)51(61-53(63)48(31-38-19-7-4-8-20-38)60-57(67)69-35-46-43-27-15-13-25-41(43)42-26-14-16-28-44(42)46)54(64)62-52(37(3)68-34-40-23-11-6-12-24-40)55(65)59-49(32-39-21-9-5-10-22-39)56(66)70-50-33-58-47-30-18-17-29-45(47)50/h4-30,33,36-37,46,48-49,51-52,58H,31-32,34-35H2,1-3H3,(H,59,65)(H,60,67)(H,61,63)(H,62,64)/t37?,48-,49-,51-,52-/m0/s1. The molecule has 1 aliphatic carbocycles. The Hall–Kier alpha value is -8.03. The van der Waals surface area contributed by atoms with Crippen LogP contribution < -0.4 is 26.0 Å². The number of ether oxygens (including phenoxy) is 3. The Morgan fingerprint density at radius 3 is 1.67 bits per heavy atom. The zero-order valence-electron chi connectivity index (χ0n) is 39.3. The van der Waals surface area contributed by atoms with Crippen LogP contribution in [0, 0.1) is 5.92 Å². The monoisotopic (exact) mass is 939 g/mol. The molecule has 1 unspecified atom stereocenters. The summed E-state index contributed by atoms with van der Waals surface area (Å²) >= 11 is 0. The Bertz CT molecular complexity index is 2860. The van der Waals surface area contributed by atoms with E-state index in [9.17, 15) is 24.0 Å². The zero-order chi connectivity index (χ0) is 49.0. The molecule has 0 fully saturated rings. The first-order valence-electron chi connectivity index (χ1n) is 23.6. The van der Waals surface area contributed by atoms with Gasteiger partial charge in [0.25, 0.3) is 0 Å². The van der Waals surface area contributed by atoms with E-state index in [-0.39, 0.29) is 32.0 Å². The lowest BCUT2D eigenvalue weighted by Crippen LogP contribution is -2.61. The molecule has 0 spiro atoms. The van der Waals surface area contributed by atoms with Crippen LogP contribution in [0.1, 0.15) is 54.5 Å². The third kappa shape index (κ3) is 12.0. The maximum absolute atomic E-state index is 14.6. The molecule has 13 nitrogen and oxygen atoms in total. The Morgan fingerprint density at radius 1 is 0.543 bits per heavy atom. The van der Waals surface area contributed by atoms with Gasteiger partial charge in [-0.25, -0.2) is 9.59 Å². The van der Waals surface area contributed by atoms with Crippen molar-refractivity contribution in [2.45, 2.75) is 76.4 Å². The second-order valence-electron chi connectivity index (χ2n) is 17.8. The van der Waals surface area contributed by atoms with Crippen molar-refractivity contribution in [3.8, 4) is 16.9 Å². The first-order valence-corrected chi connectivity index (χ1v) is 23.6. The van der Waals surface area contributed by atoms with Gasteiger partial charge in [-0.05, 0) is 63.9 Å². The van der Waals surface area contributed by atoms with Gasteiger partial charge in [-0.1, -0.05) is 166 Å². The van der Waals surface area contributed by atoms with Gasteiger partial charge >= 0.3 is 12.1 Å². The van der Waals surface area contributed by atoms with Crippen molar-refractivity contribution < 1.29 is 38.2 Å². The number of aromatic nitrogens is 1. The van der Waals surface area contributed by atoms with Gasteiger partial charge in [0.1, 0.15) is 30.8 Å². The summed E-state index contributed by atoms with van der Waals surface area (Å²) in [6.07, 6.45) is 0.0343. The van der Waals surface area contributed by atoms with Crippen LogP contribution >= 0.6 is 0 Å². The maximum Gasteiger partial charge on any atom is 0.407 e. The van der Waals surface area contributed by atoms with E-state index in [1.54, 1.807) is 27.0 Å². The fourth-order valence-electron chi connectivity index (χ4n) is 8.78. The van der Waals surface area contributed by atoms with E-state index in [1.165, 1.54) is 0 Å². The normalized spacial score (nSPS) is 14.0. The minimum atomic E-state index is -1.35. The SMILES string of the molecule is CC(C)[C@H](NC(=O)[C@H](Cc1ccccc1)NC(=O)OCC1c2ccccc2-c2ccccc21)C(=O)N[C@H](C(=O)N[C@@H](Cc1ccccc1)C(=O)Oc1c[nH]c2ccccc12)C(C)OCc1ccccc1. The van der Waals surface area contributed by atoms with Crippen molar-refractivity contribution in [2.75, 3.05) is 6.61 Å². The van der Waals surface area contributed by atoms with Gasteiger partial charge in [-0.2, -0.15) is 0 Å². The summed E-state index contributed by atoms with van der Waals surface area (Å²) in [5.41, 5.74) is 7.39. The molecule has 0 aliphatic heterocycles. The number of carbonyl (C=O) groups excluding carboxylic acids is 5. The molecule has 358 valence electrons. The largest absolute Gasteiger partial charge is 0.449 e. The lowest BCUT2D eigenvalue weighted by molar-refractivity contribution is -0.141. The van der Waals surface area contributed by atoms with E-state index >= 15 is 0 Å².